The van der Waals surface area contributed by atoms with Crippen LogP contribution in [0.4, 0.5) is 10.1 Å². The average molecular weight is 330 g/mol. The zero-order valence-electron chi connectivity index (χ0n) is 12.4. The van der Waals surface area contributed by atoms with E-state index in [1.165, 1.54) is 23.5 Å². The van der Waals surface area contributed by atoms with Gasteiger partial charge in [0.15, 0.2) is 5.13 Å². The first-order chi connectivity index (χ1) is 11.3. The van der Waals surface area contributed by atoms with E-state index in [1.807, 2.05) is 22.2 Å². The number of rotatable bonds is 3. The van der Waals surface area contributed by atoms with Gasteiger partial charge in [0.2, 0.25) is 0 Å². The van der Waals surface area contributed by atoms with Gasteiger partial charge < -0.3 is 9.64 Å². The maximum atomic E-state index is 13.9. The fourth-order valence-electron chi connectivity index (χ4n) is 2.76. The molecule has 4 rings (SSSR count). The number of hydrogen-bond acceptors (Lipinski definition) is 5. The van der Waals surface area contributed by atoms with E-state index in [2.05, 4.69) is 14.9 Å². The highest BCUT2D eigenvalue weighted by Crippen LogP contribution is 2.32. The van der Waals surface area contributed by atoms with Crippen molar-refractivity contribution < 1.29 is 9.13 Å². The Kier molecular flexibility index (Phi) is 3.80. The Morgan fingerprint density at radius 2 is 2.00 bits per heavy atom. The first-order valence-corrected chi connectivity index (χ1v) is 8.27. The minimum Gasteiger partial charge on any atom is -0.378 e. The Bertz CT molecular complexity index is 796. The van der Waals surface area contributed by atoms with Crippen LogP contribution >= 0.6 is 11.3 Å². The predicted octanol–water partition coefficient (Wildman–Crippen LogP) is 2.97. The summed E-state index contributed by atoms with van der Waals surface area (Å²) >= 11 is 1.52. The second-order valence-corrected chi connectivity index (χ2v) is 6.07. The Morgan fingerprint density at radius 1 is 1.13 bits per heavy atom. The SMILES string of the molecule is Fc1ccc(N2CCOCC2)c(-c2nccn2-c2nccs2)c1. The summed E-state index contributed by atoms with van der Waals surface area (Å²) in [5.74, 6) is 0.423. The molecule has 3 heterocycles. The summed E-state index contributed by atoms with van der Waals surface area (Å²) in [6, 6.07) is 4.85. The number of nitrogens with zero attached hydrogens (tertiary/aromatic N) is 4. The van der Waals surface area contributed by atoms with E-state index >= 15 is 0 Å². The lowest BCUT2D eigenvalue weighted by Crippen LogP contribution is -2.36. The first-order valence-electron chi connectivity index (χ1n) is 7.39. The quantitative estimate of drug-likeness (QED) is 0.740. The van der Waals surface area contributed by atoms with Gasteiger partial charge in [0.25, 0.3) is 0 Å². The number of ether oxygens (including phenoxy) is 1. The molecule has 1 aliphatic rings. The first kappa shape index (κ1) is 14.3. The zero-order chi connectivity index (χ0) is 15.6. The molecule has 1 aliphatic heterocycles. The summed E-state index contributed by atoms with van der Waals surface area (Å²) in [6.45, 7) is 2.93. The van der Waals surface area contributed by atoms with E-state index < -0.39 is 0 Å². The van der Waals surface area contributed by atoms with Gasteiger partial charge in [-0.1, -0.05) is 0 Å². The molecule has 1 aromatic carbocycles. The molecule has 7 heteroatoms. The normalized spacial score (nSPS) is 15.1. The summed E-state index contributed by atoms with van der Waals surface area (Å²) < 4.78 is 21.2. The van der Waals surface area contributed by atoms with Crippen molar-refractivity contribution in [3.05, 3.63) is 48.0 Å². The molecule has 0 amide bonds. The molecule has 3 aromatic rings. The molecule has 0 saturated carbocycles. The summed E-state index contributed by atoms with van der Waals surface area (Å²) in [6.07, 6.45) is 5.31. The lowest BCUT2D eigenvalue weighted by atomic mass is 10.1. The molecule has 5 nitrogen and oxygen atoms in total. The van der Waals surface area contributed by atoms with Crippen LogP contribution in [-0.4, -0.2) is 40.8 Å². The summed E-state index contributed by atoms with van der Waals surface area (Å²) in [5.41, 5.74) is 1.74. The third kappa shape index (κ3) is 2.73. The van der Waals surface area contributed by atoms with Crippen LogP contribution in [0, 0.1) is 5.82 Å². The summed E-state index contributed by atoms with van der Waals surface area (Å²) in [7, 11) is 0. The van der Waals surface area contributed by atoms with Crippen LogP contribution < -0.4 is 4.90 Å². The Labute approximate surface area is 137 Å². The highest BCUT2D eigenvalue weighted by Gasteiger charge is 2.20. The number of aromatic nitrogens is 3. The van der Waals surface area contributed by atoms with Crippen molar-refractivity contribution in [1.29, 1.82) is 0 Å². The number of morpholine rings is 1. The van der Waals surface area contributed by atoms with Crippen LogP contribution in [0.1, 0.15) is 0 Å². The fraction of sp³-hybridized carbons (Fsp3) is 0.250. The van der Waals surface area contributed by atoms with E-state index in [-0.39, 0.29) is 5.82 Å². The van der Waals surface area contributed by atoms with Crippen LogP contribution in [0.15, 0.2) is 42.2 Å². The number of halogens is 1. The van der Waals surface area contributed by atoms with Crippen molar-refractivity contribution in [2.75, 3.05) is 31.2 Å². The third-order valence-corrected chi connectivity index (χ3v) is 4.59. The van der Waals surface area contributed by atoms with Gasteiger partial charge in [0.1, 0.15) is 11.6 Å². The number of imidazole rings is 1. The molecular formula is C16H15FN4OS. The van der Waals surface area contributed by atoms with E-state index in [0.29, 0.717) is 19.0 Å². The van der Waals surface area contributed by atoms with Gasteiger partial charge in [0.05, 0.1) is 13.2 Å². The van der Waals surface area contributed by atoms with Gasteiger partial charge in [-0.05, 0) is 18.2 Å². The maximum absolute atomic E-state index is 13.9. The smallest absolute Gasteiger partial charge is 0.195 e. The van der Waals surface area contributed by atoms with Crippen LogP contribution in [-0.2, 0) is 4.74 Å². The number of thiazole rings is 1. The molecule has 2 aromatic heterocycles. The number of benzene rings is 1. The third-order valence-electron chi connectivity index (χ3n) is 3.82. The molecule has 1 saturated heterocycles. The van der Waals surface area contributed by atoms with Crippen LogP contribution in [0.5, 0.6) is 0 Å². The standard InChI is InChI=1S/C16H15FN4OS/c17-12-1-2-14(20-6-8-22-9-7-20)13(11-12)15-18-3-5-21(15)16-19-4-10-23-16/h1-5,10-11H,6-9H2. The maximum Gasteiger partial charge on any atom is 0.195 e. The van der Waals surface area contributed by atoms with Crippen molar-refractivity contribution in [3.63, 3.8) is 0 Å². The van der Waals surface area contributed by atoms with Gasteiger partial charge in [-0.25, -0.2) is 14.4 Å². The predicted molar refractivity (Wildman–Crippen MR) is 87.7 cm³/mol. The molecule has 0 aliphatic carbocycles. The van der Waals surface area contributed by atoms with Crippen LogP contribution in [0.2, 0.25) is 0 Å². The second kappa shape index (κ2) is 6.10. The molecular weight excluding hydrogens is 315 g/mol. The lowest BCUT2D eigenvalue weighted by molar-refractivity contribution is 0.122. The summed E-state index contributed by atoms with van der Waals surface area (Å²) in [5, 5.41) is 2.72. The van der Waals surface area contributed by atoms with Gasteiger partial charge in [-0.3, -0.25) is 4.57 Å². The molecule has 118 valence electrons. The largest absolute Gasteiger partial charge is 0.378 e. The monoisotopic (exact) mass is 330 g/mol. The van der Waals surface area contributed by atoms with E-state index in [0.717, 1.165) is 29.5 Å². The molecule has 1 fully saturated rings. The van der Waals surface area contributed by atoms with Crippen LogP contribution in [0.25, 0.3) is 16.5 Å². The van der Waals surface area contributed by atoms with E-state index in [1.54, 1.807) is 12.4 Å². The second-order valence-electron chi connectivity index (χ2n) is 5.20. The minimum absolute atomic E-state index is 0.273. The summed E-state index contributed by atoms with van der Waals surface area (Å²) in [4.78, 5) is 11.0. The Morgan fingerprint density at radius 3 is 2.78 bits per heavy atom. The minimum atomic E-state index is -0.273. The zero-order valence-corrected chi connectivity index (χ0v) is 13.2. The molecule has 0 N–H and O–H groups in total. The van der Waals surface area contributed by atoms with E-state index in [4.69, 9.17) is 4.74 Å². The van der Waals surface area contributed by atoms with Crippen molar-refractivity contribution >= 4 is 17.0 Å². The fourth-order valence-corrected chi connectivity index (χ4v) is 3.39. The Balaban J connectivity index is 1.83. The highest BCUT2D eigenvalue weighted by atomic mass is 32.1. The lowest BCUT2D eigenvalue weighted by Gasteiger charge is -2.30. The molecule has 0 unspecified atom stereocenters. The molecule has 0 bridgehead atoms. The number of anilines is 1. The Hall–Kier alpha value is -2.25. The topological polar surface area (TPSA) is 43.2 Å². The molecule has 23 heavy (non-hydrogen) atoms. The van der Waals surface area contributed by atoms with Gasteiger partial charge >= 0.3 is 0 Å². The van der Waals surface area contributed by atoms with Gasteiger partial charge in [-0.15, -0.1) is 11.3 Å². The van der Waals surface area contributed by atoms with Gasteiger partial charge in [0, 0.05) is 48.3 Å². The van der Waals surface area contributed by atoms with E-state index in [9.17, 15) is 4.39 Å². The molecule has 0 atom stereocenters. The molecule has 0 radical (unpaired) electrons. The van der Waals surface area contributed by atoms with Crippen molar-refractivity contribution in [2.45, 2.75) is 0 Å². The van der Waals surface area contributed by atoms with Gasteiger partial charge in [-0.2, -0.15) is 0 Å². The van der Waals surface area contributed by atoms with Crippen LogP contribution in [0.3, 0.4) is 0 Å². The van der Waals surface area contributed by atoms with Crippen molar-refractivity contribution in [2.24, 2.45) is 0 Å². The van der Waals surface area contributed by atoms with Crippen molar-refractivity contribution in [1.82, 2.24) is 14.5 Å². The average Bonchev–Trinajstić information content (AvgIpc) is 3.26. The highest BCUT2D eigenvalue weighted by molar-refractivity contribution is 7.12. The number of hydrogen-bond donors (Lipinski definition) is 0. The van der Waals surface area contributed by atoms with Crippen molar-refractivity contribution in [3.8, 4) is 16.5 Å². The molecule has 0 spiro atoms.